The monoisotopic (exact) mass is 232 g/mol. The molecule has 1 heterocycles. The van der Waals surface area contributed by atoms with Crippen LogP contribution in [0.3, 0.4) is 0 Å². The number of nitrogens with one attached hydrogen (secondary N) is 1. The average molecular weight is 232 g/mol. The predicted molar refractivity (Wildman–Crippen MR) is 70.0 cm³/mol. The minimum absolute atomic E-state index is 0.815. The normalized spacial score (nSPS) is 10.4. The van der Waals surface area contributed by atoms with Crippen LogP contribution in [0.15, 0.2) is 29.6 Å². The molecule has 0 aliphatic carbocycles. The summed E-state index contributed by atoms with van der Waals surface area (Å²) in [4.78, 5) is 4.53. The first-order chi connectivity index (χ1) is 7.79. The predicted octanol–water partition coefficient (Wildman–Crippen LogP) is 3.63. The Morgan fingerprint density at radius 3 is 2.81 bits per heavy atom. The van der Waals surface area contributed by atoms with E-state index in [1.807, 2.05) is 0 Å². The molecular formula is C13H16N2S. The Balaban J connectivity index is 1.99. The second-order valence-electron chi connectivity index (χ2n) is 3.75. The molecule has 0 aliphatic heterocycles. The highest BCUT2D eigenvalue weighted by Gasteiger charge is 2.01. The molecule has 0 spiro atoms. The molecule has 0 amide bonds. The van der Waals surface area contributed by atoms with Gasteiger partial charge in [0.05, 0.1) is 12.2 Å². The van der Waals surface area contributed by atoms with Gasteiger partial charge in [-0.15, -0.1) is 11.3 Å². The van der Waals surface area contributed by atoms with Crippen molar-refractivity contribution in [2.45, 2.75) is 26.8 Å². The van der Waals surface area contributed by atoms with Gasteiger partial charge in [0, 0.05) is 11.1 Å². The first-order valence-corrected chi connectivity index (χ1v) is 6.40. The summed E-state index contributed by atoms with van der Waals surface area (Å²) in [6, 6.07) is 8.32. The third-order valence-electron chi connectivity index (χ3n) is 2.54. The molecule has 0 aliphatic rings. The Labute approximate surface area is 100 Å². The molecule has 2 rings (SSSR count). The third kappa shape index (κ3) is 2.61. The molecule has 0 atom stereocenters. The van der Waals surface area contributed by atoms with Crippen LogP contribution in [0.1, 0.15) is 23.2 Å². The summed E-state index contributed by atoms with van der Waals surface area (Å²) in [5.41, 5.74) is 3.65. The summed E-state index contributed by atoms with van der Waals surface area (Å²) in [6.07, 6.45) is 1.01. The van der Waals surface area contributed by atoms with Gasteiger partial charge in [-0.2, -0.15) is 0 Å². The summed E-state index contributed by atoms with van der Waals surface area (Å²) in [6.45, 7) is 5.06. The number of rotatable bonds is 4. The van der Waals surface area contributed by atoms with E-state index in [2.05, 4.69) is 53.8 Å². The van der Waals surface area contributed by atoms with Crippen LogP contribution >= 0.6 is 11.3 Å². The van der Waals surface area contributed by atoms with Crippen LogP contribution in [-0.4, -0.2) is 4.98 Å². The quantitative estimate of drug-likeness (QED) is 0.870. The Hall–Kier alpha value is -1.35. The van der Waals surface area contributed by atoms with Gasteiger partial charge in [-0.1, -0.05) is 25.1 Å². The average Bonchev–Trinajstić information content (AvgIpc) is 2.76. The van der Waals surface area contributed by atoms with Gasteiger partial charge in [0.25, 0.3) is 0 Å². The molecule has 2 aromatic rings. The Morgan fingerprint density at radius 1 is 1.31 bits per heavy atom. The van der Waals surface area contributed by atoms with Crippen molar-refractivity contribution in [3.05, 3.63) is 45.9 Å². The molecule has 0 fully saturated rings. The summed E-state index contributed by atoms with van der Waals surface area (Å²) >= 11 is 1.73. The number of thiazole rings is 1. The van der Waals surface area contributed by atoms with Crippen molar-refractivity contribution in [2.24, 2.45) is 0 Å². The first kappa shape index (κ1) is 11.1. The van der Waals surface area contributed by atoms with E-state index in [0.29, 0.717) is 0 Å². The number of hydrogen-bond donors (Lipinski definition) is 1. The van der Waals surface area contributed by atoms with E-state index in [4.69, 9.17) is 0 Å². The van der Waals surface area contributed by atoms with Crippen molar-refractivity contribution in [1.29, 1.82) is 0 Å². The van der Waals surface area contributed by atoms with Crippen molar-refractivity contribution < 1.29 is 0 Å². The minimum atomic E-state index is 0.815. The highest BCUT2D eigenvalue weighted by Crippen LogP contribution is 2.16. The molecule has 1 aromatic carbocycles. The maximum atomic E-state index is 4.53. The van der Waals surface area contributed by atoms with Crippen molar-refractivity contribution in [1.82, 2.24) is 4.98 Å². The SMILES string of the molecule is CCc1csc(CNc2ccccc2C)n1. The van der Waals surface area contributed by atoms with Crippen LogP contribution < -0.4 is 5.32 Å². The van der Waals surface area contributed by atoms with Gasteiger partial charge in [-0.25, -0.2) is 4.98 Å². The zero-order valence-corrected chi connectivity index (χ0v) is 10.5. The zero-order valence-electron chi connectivity index (χ0n) is 9.66. The number of aromatic nitrogens is 1. The second kappa shape index (κ2) is 5.12. The summed E-state index contributed by atoms with van der Waals surface area (Å²) < 4.78 is 0. The van der Waals surface area contributed by atoms with Crippen LogP contribution in [0.2, 0.25) is 0 Å². The topological polar surface area (TPSA) is 24.9 Å². The molecule has 1 N–H and O–H groups in total. The lowest BCUT2D eigenvalue weighted by Gasteiger charge is -2.06. The second-order valence-corrected chi connectivity index (χ2v) is 4.70. The molecular weight excluding hydrogens is 216 g/mol. The number of aryl methyl sites for hydroxylation is 2. The lowest BCUT2D eigenvalue weighted by atomic mass is 10.2. The number of benzene rings is 1. The molecule has 1 aromatic heterocycles. The Morgan fingerprint density at radius 2 is 2.12 bits per heavy atom. The lowest BCUT2D eigenvalue weighted by molar-refractivity contribution is 1.01. The van der Waals surface area contributed by atoms with E-state index in [9.17, 15) is 0 Å². The van der Waals surface area contributed by atoms with E-state index in [1.54, 1.807) is 11.3 Å². The molecule has 0 unspecified atom stereocenters. The first-order valence-electron chi connectivity index (χ1n) is 5.52. The third-order valence-corrected chi connectivity index (χ3v) is 3.43. The van der Waals surface area contributed by atoms with Crippen molar-refractivity contribution in [3.8, 4) is 0 Å². The molecule has 0 saturated heterocycles. The molecule has 84 valence electrons. The van der Waals surface area contributed by atoms with E-state index in [0.717, 1.165) is 18.0 Å². The largest absolute Gasteiger partial charge is 0.378 e. The van der Waals surface area contributed by atoms with Crippen LogP contribution in [0.5, 0.6) is 0 Å². The van der Waals surface area contributed by atoms with Crippen LogP contribution in [-0.2, 0) is 13.0 Å². The summed E-state index contributed by atoms with van der Waals surface area (Å²) in [5.74, 6) is 0. The molecule has 3 heteroatoms. The number of nitrogens with zero attached hydrogens (tertiary/aromatic N) is 1. The summed E-state index contributed by atoms with van der Waals surface area (Å²) in [7, 11) is 0. The van der Waals surface area contributed by atoms with Crippen LogP contribution in [0.25, 0.3) is 0 Å². The van der Waals surface area contributed by atoms with Gasteiger partial charge in [-0.05, 0) is 25.0 Å². The lowest BCUT2D eigenvalue weighted by Crippen LogP contribution is -2.00. The highest BCUT2D eigenvalue weighted by molar-refractivity contribution is 7.09. The highest BCUT2D eigenvalue weighted by atomic mass is 32.1. The molecule has 2 nitrogen and oxygen atoms in total. The zero-order chi connectivity index (χ0) is 11.4. The summed E-state index contributed by atoms with van der Waals surface area (Å²) in [5, 5.41) is 6.70. The number of hydrogen-bond acceptors (Lipinski definition) is 3. The minimum Gasteiger partial charge on any atom is -0.378 e. The maximum absolute atomic E-state index is 4.53. The van der Waals surface area contributed by atoms with Gasteiger partial charge >= 0.3 is 0 Å². The molecule has 0 saturated carbocycles. The maximum Gasteiger partial charge on any atom is 0.112 e. The van der Waals surface area contributed by atoms with Crippen molar-refractivity contribution in [3.63, 3.8) is 0 Å². The number of anilines is 1. The van der Waals surface area contributed by atoms with Gasteiger partial charge in [0.1, 0.15) is 5.01 Å². The smallest absolute Gasteiger partial charge is 0.112 e. The fraction of sp³-hybridized carbons (Fsp3) is 0.308. The van der Waals surface area contributed by atoms with Crippen molar-refractivity contribution >= 4 is 17.0 Å². The standard InChI is InChI=1S/C13H16N2S/c1-3-11-9-16-13(15-11)8-14-12-7-5-4-6-10(12)2/h4-7,9,14H,3,8H2,1-2H3. The van der Waals surface area contributed by atoms with Gasteiger partial charge in [0.2, 0.25) is 0 Å². The van der Waals surface area contributed by atoms with E-state index >= 15 is 0 Å². The van der Waals surface area contributed by atoms with Crippen molar-refractivity contribution in [2.75, 3.05) is 5.32 Å². The van der Waals surface area contributed by atoms with Gasteiger partial charge in [0.15, 0.2) is 0 Å². The van der Waals surface area contributed by atoms with Crippen LogP contribution in [0, 0.1) is 6.92 Å². The van der Waals surface area contributed by atoms with Gasteiger partial charge < -0.3 is 5.32 Å². The van der Waals surface area contributed by atoms with E-state index in [1.165, 1.54) is 16.9 Å². The fourth-order valence-corrected chi connectivity index (χ4v) is 2.35. The van der Waals surface area contributed by atoms with E-state index < -0.39 is 0 Å². The van der Waals surface area contributed by atoms with Crippen LogP contribution in [0.4, 0.5) is 5.69 Å². The molecule has 0 bridgehead atoms. The number of para-hydroxylation sites is 1. The molecule has 0 radical (unpaired) electrons. The Kier molecular flexibility index (Phi) is 3.57. The Bertz CT molecular complexity index is 462. The van der Waals surface area contributed by atoms with E-state index in [-0.39, 0.29) is 0 Å². The fourth-order valence-electron chi connectivity index (χ4n) is 1.53. The molecule has 16 heavy (non-hydrogen) atoms. The van der Waals surface area contributed by atoms with Gasteiger partial charge in [-0.3, -0.25) is 0 Å².